The van der Waals surface area contributed by atoms with E-state index in [1.807, 2.05) is 55.5 Å². The standard InChI is InChI=1S/C30H23FI2N2O4S/c1-3-23-25(29(37)38-2)26(18-7-5-4-6-8-18)35-28(36)24(40-30(35)34-23)14-19-13-21(32)15-22(33)27(19)39-16-17-9-11-20(31)12-10-17/h4-15,26H,3,16H2,1-2H3/b24-14+/t26-/m0/s1. The van der Waals surface area contributed by atoms with Crippen LogP contribution in [0.1, 0.15) is 36.1 Å². The van der Waals surface area contributed by atoms with Gasteiger partial charge >= 0.3 is 5.97 Å². The molecule has 0 amide bonds. The van der Waals surface area contributed by atoms with E-state index in [0.29, 0.717) is 32.8 Å². The summed E-state index contributed by atoms with van der Waals surface area (Å²) in [7, 11) is 1.34. The summed E-state index contributed by atoms with van der Waals surface area (Å²) in [5.41, 5.74) is 3.06. The molecule has 1 aliphatic heterocycles. The quantitative estimate of drug-likeness (QED) is 0.178. The first-order chi connectivity index (χ1) is 19.3. The van der Waals surface area contributed by atoms with E-state index in [-0.39, 0.29) is 18.0 Å². The van der Waals surface area contributed by atoms with Gasteiger partial charge in [-0.2, -0.15) is 0 Å². The average Bonchev–Trinajstić information content (AvgIpc) is 3.26. The lowest BCUT2D eigenvalue weighted by atomic mass is 9.95. The third kappa shape index (κ3) is 5.79. The van der Waals surface area contributed by atoms with Crippen molar-refractivity contribution in [1.82, 2.24) is 4.57 Å². The largest absolute Gasteiger partial charge is 0.487 e. The van der Waals surface area contributed by atoms with Gasteiger partial charge in [-0.05, 0) is 93.1 Å². The van der Waals surface area contributed by atoms with E-state index in [4.69, 9.17) is 14.5 Å². The van der Waals surface area contributed by atoms with E-state index < -0.39 is 12.0 Å². The van der Waals surface area contributed by atoms with E-state index in [2.05, 4.69) is 45.2 Å². The lowest BCUT2D eigenvalue weighted by Crippen LogP contribution is -2.40. The van der Waals surface area contributed by atoms with Crippen LogP contribution < -0.4 is 19.6 Å². The van der Waals surface area contributed by atoms with Crippen LogP contribution in [0, 0.1) is 13.0 Å². The molecule has 204 valence electrons. The van der Waals surface area contributed by atoms with Crippen LogP contribution in [0.5, 0.6) is 5.75 Å². The number of fused-ring (bicyclic) bond motifs is 1. The molecule has 4 aromatic rings. The normalized spacial score (nSPS) is 15.0. The molecule has 0 N–H and O–H groups in total. The number of rotatable bonds is 7. The van der Waals surface area contributed by atoms with Gasteiger partial charge in [0, 0.05) is 9.13 Å². The third-order valence-electron chi connectivity index (χ3n) is 6.39. The lowest BCUT2D eigenvalue weighted by molar-refractivity contribution is -0.136. The monoisotopic (exact) mass is 780 g/mol. The molecule has 1 atom stereocenters. The van der Waals surface area contributed by atoms with Gasteiger partial charge in [0.1, 0.15) is 18.2 Å². The summed E-state index contributed by atoms with van der Waals surface area (Å²) in [6.45, 7) is 2.17. The fourth-order valence-corrected chi connectivity index (χ4v) is 7.59. The van der Waals surface area contributed by atoms with Gasteiger partial charge in [-0.3, -0.25) is 9.36 Å². The number of carbonyl (C=O) groups excluding carboxylic acids is 1. The van der Waals surface area contributed by atoms with Gasteiger partial charge in [-0.1, -0.05) is 60.7 Å². The Balaban J connectivity index is 1.66. The molecule has 6 nitrogen and oxygen atoms in total. The second-order valence-electron chi connectivity index (χ2n) is 8.92. The van der Waals surface area contributed by atoms with Crippen LogP contribution in [0.25, 0.3) is 6.08 Å². The number of hydrogen-bond acceptors (Lipinski definition) is 6. The van der Waals surface area contributed by atoms with Crippen LogP contribution in [0.3, 0.4) is 0 Å². The Morgan fingerprint density at radius 2 is 1.85 bits per heavy atom. The van der Waals surface area contributed by atoms with Crippen molar-refractivity contribution in [2.75, 3.05) is 7.11 Å². The SMILES string of the molecule is CCC1=C(C(=O)OC)[C@H](c2ccccc2)n2c(s/c(=C/c3cc(I)cc(I)c3OCc3ccc(F)cc3)c2=O)=N1. The zero-order chi connectivity index (χ0) is 28.4. The predicted molar refractivity (Wildman–Crippen MR) is 169 cm³/mol. The molecular formula is C30H23FI2N2O4S. The van der Waals surface area contributed by atoms with Crippen LogP contribution in [-0.4, -0.2) is 17.6 Å². The number of nitrogens with zero attached hydrogens (tertiary/aromatic N) is 2. The number of methoxy groups -OCH3 is 1. The molecule has 0 saturated heterocycles. The fourth-order valence-electron chi connectivity index (χ4n) is 4.53. The number of thiazole rings is 1. The highest BCUT2D eigenvalue weighted by Gasteiger charge is 2.33. The Morgan fingerprint density at radius 1 is 1.12 bits per heavy atom. The van der Waals surface area contributed by atoms with E-state index in [9.17, 15) is 14.0 Å². The predicted octanol–water partition coefficient (Wildman–Crippen LogP) is 5.73. The van der Waals surface area contributed by atoms with Crippen LogP contribution in [0.4, 0.5) is 4.39 Å². The van der Waals surface area contributed by atoms with Crippen molar-refractivity contribution < 1.29 is 18.7 Å². The smallest absolute Gasteiger partial charge is 0.338 e. The third-order valence-corrected chi connectivity index (χ3v) is 8.79. The Bertz CT molecular complexity index is 1800. The maximum atomic E-state index is 14.0. The van der Waals surface area contributed by atoms with Crippen molar-refractivity contribution in [3.63, 3.8) is 0 Å². The number of halogens is 3. The minimum Gasteiger partial charge on any atom is -0.487 e. The van der Waals surface area contributed by atoms with E-state index >= 15 is 0 Å². The summed E-state index contributed by atoms with van der Waals surface area (Å²) >= 11 is 5.72. The lowest BCUT2D eigenvalue weighted by Gasteiger charge is -2.25. The Morgan fingerprint density at radius 3 is 2.52 bits per heavy atom. The maximum absolute atomic E-state index is 14.0. The Labute approximate surface area is 261 Å². The number of benzene rings is 3. The molecule has 1 aromatic heterocycles. The number of allylic oxidation sites excluding steroid dienone is 1. The van der Waals surface area contributed by atoms with Crippen LogP contribution in [-0.2, 0) is 16.1 Å². The Hall–Kier alpha value is -2.84. The molecule has 0 saturated carbocycles. The minimum absolute atomic E-state index is 0.245. The van der Waals surface area contributed by atoms with Crippen molar-refractivity contribution in [3.05, 3.63) is 127 Å². The van der Waals surface area contributed by atoms with Crippen molar-refractivity contribution >= 4 is 68.6 Å². The summed E-state index contributed by atoms with van der Waals surface area (Å²) in [5, 5.41) is 0. The van der Waals surface area contributed by atoms with Gasteiger partial charge in [-0.25, -0.2) is 14.2 Å². The highest BCUT2D eigenvalue weighted by Crippen LogP contribution is 2.32. The molecule has 5 rings (SSSR count). The average molecular weight is 780 g/mol. The van der Waals surface area contributed by atoms with Crippen molar-refractivity contribution in [2.45, 2.75) is 26.0 Å². The molecule has 0 radical (unpaired) electrons. The first kappa shape index (κ1) is 28.7. The topological polar surface area (TPSA) is 69.9 Å². The van der Waals surface area contributed by atoms with Crippen LogP contribution >= 0.6 is 56.5 Å². The molecule has 0 bridgehead atoms. The van der Waals surface area contributed by atoms with Gasteiger partial charge in [0.25, 0.3) is 5.56 Å². The zero-order valence-electron chi connectivity index (χ0n) is 21.5. The summed E-state index contributed by atoms with van der Waals surface area (Å²) in [4.78, 5) is 32.2. The molecule has 3 aromatic carbocycles. The van der Waals surface area contributed by atoms with Crippen molar-refractivity contribution in [2.24, 2.45) is 4.99 Å². The number of aromatic nitrogens is 1. The molecule has 10 heteroatoms. The summed E-state index contributed by atoms with van der Waals surface area (Å²) in [6, 6.07) is 18.9. The van der Waals surface area contributed by atoms with E-state index in [0.717, 1.165) is 23.8 Å². The van der Waals surface area contributed by atoms with Crippen LogP contribution in [0.2, 0.25) is 0 Å². The molecule has 0 spiro atoms. The molecular weight excluding hydrogens is 757 g/mol. The van der Waals surface area contributed by atoms with Crippen molar-refractivity contribution in [1.29, 1.82) is 0 Å². The molecule has 0 fully saturated rings. The molecule has 2 heterocycles. The summed E-state index contributed by atoms with van der Waals surface area (Å²) in [6.07, 6.45) is 2.32. The molecule has 0 aliphatic carbocycles. The van der Waals surface area contributed by atoms with E-state index in [1.165, 1.54) is 30.6 Å². The summed E-state index contributed by atoms with van der Waals surface area (Å²) < 4.78 is 28.6. The zero-order valence-corrected chi connectivity index (χ0v) is 26.6. The minimum atomic E-state index is -0.660. The van der Waals surface area contributed by atoms with Gasteiger partial charge in [-0.15, -0.1) is 0 Å². The highest BCUT2D eigenvalue weighted by molar-refractivity contribution is 14.1. The summed E-state index contributed by atoms with van der Waals surface area (Å²) in [5.74, 6) is -0.188. The Kier molecular flexibility index (Phi) is 8.86. The second kappa shape index (κ2) is 12.4. The van der Waals surface area contributed by atoms with Gasteiger partial charge in [0.15, 0.2) is 4.80 Å². The number of esters is 1. The first-order valence-corrected chi connectivity index (χ1v) is 15.3. The second-order valence-corrected chi connectivity index (χ2v) is 12.3. The van der Waals surface area contributed by atoms with Crippen molar-refractivity contribution in [3.8, 4) is 5.75 Å². The first-order valence-electron chi connectivity index (χ1n) is 12.3. The fraction of sp³-hybridized carbons (Fsp3) is 0.167. The van der Waals surface area contributed by atoms with E-state index in [1.54, 1.807) is 16.7 Å². The molecule has 0 unspecified atom stereocenters. The molecule has 40 heavy (non-hydrogen) atoms. The number of carbonyl (C=O) groups is 1. The number of ether oxygens (including phenoxy) is 2. The maximum Gasteiger partial charge on any atom is 0.338 e. The number of hydrogen-bond donors (Lipinski definition) is 0. The molecule has 1 aliphatic rings. The van der Waals surface area contributed by atoms with Gasteiger partial charge in [0.05, 0.1) is 32.5 Å². The van der Waals surface area contributed by atoms with Gasteiger partial charge in [0.2, 0.25) is 0 Å². The highest BCUT2D eigenvalue weighted by atomic mass is 127. The van der Waals surface area contributed by atoms with Gasteiger partial charge < -0.3 is 9.47 Å². The van der Waals surface area contributed by atoms with Crippen LogP contribution in [0.15, 0.2) is 87.8 Å².